The summed E-state index contributed by atoms with van der Waals surface area (Å²) in [6.45, 7) is 0. The van der Waals surface area contributed by atoms with Gasteiger partial charge < -0.3 is 10.1 Å². The number of hydrogen-bond acceptors (Lipinski definition) is 3. The molecule has 0 aliphatic heterocycles. The van der Waals surface area contributed by atoms with Crippen molar-refractivity contribution in [2.45, 2.75) is 0 Å². The van der Waals surface area contributed by atoms with Gasteiger partial charge in [0, 0.05) is 17.5 Å². The van der Waals surface area contributed by atoms with Gasteiger partial charge in [-0.1, -0.05) is 11.6 Å². The molecule has 14 heavy (non-hydrogen) atoms. The van der Waals surface area contributed by atoms with Crippen LogP contribution < -0.4 is 0 Å². The van der Waals surface area contributed by atoms with Crippen molar-refractivity contribution in [1.29, 1.82) is 0 Å². The number of aromatic nitrogens is 1. The zero-order chi connectivity index (χ0) is 10.1. The topological polar surface area (TPSA) is 60.7 Å². The van der Waals surface area contributed by atoms with E-state index in [0.29, 0.717) is 10.7 Å². The van der Waals surface area contributed by atoms with E-state index in [1.807, 2.05) is 0 Å². The van der Waals surface area contributed by atoms with Crippen molar-refractivity contribution in [1.82, 2.24) is 4.98 Å². The third-order valence-corrected chi connectivity index (χ3v) is 2.15. The van der Waals surface area contributed by atoms with Gasteiger partial charge in [0.05, 0.1) is 5.52 Å². The molecule has 0 aliphatic rings. The Hall–Kier alpha value is -1.55. The number of halogens is 1. The Balaban J connectivity index is 2.79. The summed E-state index contributed by atoms with van der Waals surface area (Å²) < 4.78 is 0. The smallest absolute Gasteiger partial charge is 0.218 e. The van der Waals surface area contributed by atoms with E-state index in [4.69, 9.17) is 11.6 Å². The molecule has 5 heteroatoms. The van der Waals surface area contributed by atoms with Crippen LogP contribution in [-0.2, 0) is 0 Å². The van der Waals surface area contributed by atoms with Crippen LogP contribution in [-0.4, -0.2) is 17.1 Å². The minimum Gasteiger partial charge on any atom is -0.493 e. The quantitative estimate of drug-likeness (QED) is 0.696. The average Bonchev–Trinajstić information content (AvgIpc) is 2.45. The van der Waals surface area contributed by atoms with Gasteiger partial charge in [0.15, 0.2) is 5.69 Å². The van der Waals surface area contributed by atoms with Crippen LogP contribution in [0.5, 0.6) is 5.88 Å². The van der Waals surface area contributed by atoms with Crippen LogP contribution in [0.15, 0.2) is 28.4 Å². The number of H-pyrrole nitrogens is 1. The number of nitrogens with one attached hydrogen (secondary N) is 1. The van der Waals surface area contributed by atoms with Gasteiger partial charge in [-0.25, -0.2) is 0 Å². The zero-order valence-corrected chi connectivity index (χ0v) is 8.21. The Morgan fingerprint density at radius 3 is 2.93 bits per heavy atom. The fourth-order valence-corrected chi connectivity index (χ4v) is 1.51. The number of aromatic hydroxyl groups is 1. The van der Waals surface area contributed by atoms with Crippen LogP contribution in [0.25, 0.3) is 10.9 Å². The Bertz CT molecular complexity index is 504. The van der Waals surface area contributed by atoms with Crippen molar-refractivity contribution in [2.24, 2.45) is 10.2 Å². The van der Waals surface area contributed by atoms with E-state index in [2.05, 4.69) is 15.2 Å². The molecule has 1 aromatic heterocycles. The summed E-state index contributed by atoms with van der Waals surface area (Å²) in [5.74, 6) is 0.00728. The minimum atomic E-state index is 0.00728. The van der Waals surface area contributed by atoms with Crippen LogP contribution >= 0.6 is 11.6 Å². The van der Waals surface area contributed by atoms with Crippen molar-refractivity contribution in [3.8, 4) is 5.88 Å². The third kappa shape index (κ3) is 1.33. The van der Waals surface area contributed by atoms with Gasteiger partial charge in [0.25, 0.3) is 0 Å². The minimum absolute atomic E-state index is 0.00728. The molecular weight excluding hydrogens is 202 g/mol. The molecule has 2 rings (SSSR count). The first-order chi connectivity index (χ1) is 6.72. The lowest BCUT2D eigenvalue weighted by atomic mass is 10.2. The molecule has 2 N–H and O–H groups in total. The van der Waals surface area contributed by atoms with Gasteiger partial charge in [0.2, 0.25) is 5.88 Å². The van der Waals surface area contributed by atoms with Gasteiger partial charge in [-0.2, -0.15) is 5.11 Å². The molecule has 0 amide bonds. The van der Waals surface area contributed by atoms with E-state index in [1.54, 1.807) is 25.2 Å². The Labute approximate surface area is 85.2 Å². The van der Waals surface area contributed by atoms with E-state index in [0.717, 1.165) is 10.9 Å². The number of hydrogen-bond donors (Lipinski definition) is 2. The van der Waals surface area contributed by atoms with E-state index < -0.39 is 0 Å². The van der Waals surface area contributed by atoms with Crippen molar-refractivity contribution < 1.29 is 5.11 Å². The first-order valence-electron chi connectivity index (χ1n) is 4.02. The molecular formula is C9H8ClN3O. The van der Waals surface area contributed by atoms with Crippen molar-refractivity contribution >= 4 is 28.2 Å². The zero-order valence-electron chi connectivity index (χ0n) is 7.45. The molecule has 0 saturated carbocycles. The number of fused-ring (bicyclic) bond motifs is 1. The summed E-state index contributed by atoms with van der Waals surface area (Å²) in [6, 6.07) is 5.26. The SMILES string of the molecule is CN=Nc1c(O)[nH]c2ccc(Cl)cc12. The molecule has 0 spiro atoms. The summed E-state index contributed by atoms with van der Waals surface area (Å²) in [5, 5.41) is 18.3. The molecule has 72 valence electrons. The van der Waals surface area contributed by atoms with Gasteiger partial charge in [-0.3, -0.25) is 0 Å². The van der Waals surface area contributed by atoms with Gasteiger partial charge in [0.1, 0.15) is 0 Å². The molecule has 0 atom stereocenters. The fraction of sp³-hybridized carbons (Fsp3) is 0.111. The lowest BCUT2D eigenvalue weighted by molar-refractivity contribution is 0.459. The number of rotatable bonds is 1. The second kappa shape index (κ2) is 3.31. The second-order valence-electron chi connectivity index (χ2n) is 2.81. The Kier molecular flexibility index (Phi) is 2.13. The highest BCUT2D eigenvalue weighted by Gasteiger charge is 2.09. The highest BCUT2D eigenvalue weighted by atomic mass is 35.5. The maximum absolute atomic E-state index is 9.50. The molecule has 1 heterocycles. The van der Waals surface area contributed by atoms with Crippen LogP contribution in [0.4, 0.5) is 5.69 Å². The van der Waals surface area contributed by atoms with Crippen LogP contribution in [0.3, 0.4) is 0 Å². The van der Waals surface area contributed by atoms with E-state index >= 15 is 0 Å². The van der Waals surface area contributed by atoms with Gasteiger partial charge in [-0.05, 0) is 18.2 Å². The third-order valence-electron chi connectivity index (χ3n) is 1.91. The molecule has 0 bridgehead atoms. The Morgan fingerprint density at radius 1 is 1.43 bits per heavy atom. The molecule has 2 aromatic rings. The van der Waals surface area contributed by atoms with Gasteiger partial charge >= 0.3 is 0 Å². The van der Waals surface area contributed by atoms with Gasteiger partial charge in [-0.15, -0.1) is 5.11 Å². The van der Waals surface area contributed by atoms with Crippen molar-refractivity contribution in [3.63, 3.8) is 0 Å². The van der Waals surface area contributed by atoms with E-state index in [1.165, 1.54) is 0 Å². The van der Waals surface area contributed by atoms with E-state index in [9.17, 15) is 5.11 Å². The number of azo groups is 1. The van der Waals surface area contributed by atoms with Crippen molar-refractivity contribution in [3.05, 3.63) is 23.2 Å². The molecule has 0 fully saturated rings. The molecule has 0 aliphatic carbocycles. The lowest BCUT2D eigenvalue weighted by Crippen LogP contribution is -1.66. The molecule has 0 unspecified atom stereocenters. The highest BCUT2D eigenvalue weighted by molar-refractivity contribution is 6.31. The van der Waals surface area contributed by atoms with Crippen molar-refractivity contribution in [2.75, 3.05) is 7.05 Å². The predicted octanol–water partition coefficient (Wildman–Crippen LogP) is 3.24. The normalized spacial score (nSPS) is 11.6. The first-order valence-corrected chi connectivity index (χ1v) is 4.40. The summed E-state index contributed by atoms with van der Waals surface area (Å²) in [5.41, 5.74) is 1.21. The molecule has 0 saturated heterocycles. The molecule has 0 radical (unpaired) electrons. The lowest BCUT2D eigenvalue weighted by Gasteiger charge is -1.91. The van der Waals surface area contributed by atoms with Crippen LogP contribution in [0.2, 0.25) is 5.02 Å². The molecule has 4 nitrogen and oxygen atoms in total. The molecule has 1 aromatic carbocycles. The van der Waals surface area contributed by atoms with Crippen LogP contribution in [0, 0.1) is 0 Å². The Morgan fingerprint density at radius 2 is 2.21 bits per heavy atom. The number of aromatic amines is 1. The summed E-state index contributed by atoms with van der Waals surface area (Å²) in [4.78, 5) is 2.78. The number of benzene rings is 1. The first kappa shape index (κ1) is 9.02. The number of nitrogens with zero attached hydrogens (tertiary/aromatic N) is 2. The largest absolute Gasteiger partial charge is 0.493 e. The second-order valence-corrected chi connectivity index (χ2v) is 3.25. The maximum atomic E-state index is 9.50. The summed E-state index contributed by atoms with van der Waals surface area (Å²) in [7, 11) is 1.54. The maximum Gasteiger partial charge on any atom is 0.218 e. The monoisotopic (exact) mass is 209 g/mol. The highest BCUT2D eigenvalue weighted by Crippen LogP contribution is 2.36. The van der Waals surface area contributed by atoms with E-state index in [-0.39, 0.29) is 5.88 Å². The standard InChI is InChI=1S/C9H8ClN3O/c1-11-13-8-6-4-5(10)2-3-7(6)12-9(8)14/h2-4,12,14H,1H3. The average molecular weight is 210 g/mol. The fourth-order valence-electron chi connectivity index (χ4n) is 1.34. The summed E-state index contributed by atoms with van der Waals surface area (Å²) >= 11 is 5.83. The van der Waals surface area contributed by atoms with Crippen LogP contribution in [0.1, 0.15) is 0 Å². The predicted molar refractivity (Wildman–Crippen MR) is 55.4 cm³/mol. The summed E-state index contributed by atoms with van der Waals surface area (Å²) in [6.07, 6.45) is 0.